The van der Waals surface area contributed by atoms with Crippen LogP contribution in [0.3, 0.4) is 0 Å². The Bertz CT molecular complexity index is 2200. The third-order valence-corrected chi connectivity index (χ3v) is 11.4. The van der Waals surface area contributed by atoms with Crippen LogP contribution in [-0.2, 0) is 0 Å². The van der Waals surface area contributed by atoms with Crippen LogP contribution >= 0.6 is 22.7 Å². The van der Waals surface area contributed by atoms with E-state index in [1.807, 2.05) is 46.9 Å². The summed E-state index contributed by atoms with van der Waals surface area (Å²) in [5.41, 5.74) is 4.47. The number of rotatable bonds is 0. The van der Waals surface area contributed by atoms with Crippen LogP contribution < -0.4 is 50.4 Å². The Hall–Kier alpha value is -4.65. The van der Waals surface area contributed by atoms with Crippen molar-refractivity contribution in [3.63, 3.8) is 0 Å². The summed E-state index contributed by atoms with van der Waals surface area (Å²) in [4.78, 5) is 0. The van der Waals surface area contributed by atoms with E-state index in [0.29, 0.717) is 0 Å². The summed E-state index contributed by atoms with van der Waals surface area (Å²) in [7, 11) is 0. The van der Waals surface area contributed by atoms with Crippen LogP contribution in [0.25, 0.3) is 20.2 Å². The number of fused-ring (bicyclic) bond motifs is 12. The van der Waals surface area contributed by atoms with Gasteiger partial charge in [0.25, 0.3) is 13.4 Å². The molecule has 0 amide bonds. The highest BCUT2D eigenvalue weighted by molar-refractivity contribution is 7.34. The SMILES string of the molecule is c1cc2c3c(c1)Oc1c(sc4ccccc14)B3c1cc3c(cc1O2)Oc1cccc2c1B3c1sc3ccccc3c1O2. The molecular formula is C34H16B2O4S2. The molecule has 5 aromatic carbocycles. The quantitative estimate of drug-likeness (QED) is 0.222. The Balaban J connectivity index is 1.20. The van der Waals surface area contributed by atoms with Crippen molar-refractivity contribution in [3.05, 3.63) is 97.1 Å². The molecule has 0 aliphatic carbocycles. The molecule has 194 valence electrons. The van der Waals surface area contributed by atoms with Crippen LogP contribution in [0.1, 0.15) is 0 Å². The van der Waals surface area contributed by atoms with Crippen molar-refractivity contribution in [2.45, 2.75) is 0 Å². The molecule has 11 rings (SSSR count). The predicted octanol–water partition coefficient (Wildman–Crippen LogP) is 5.57. The first-order valence-electron chi connectivity index (χ1n) is 14.0. The summed E-state index contributed by atoms with van der Waals surface area (Å²) in [5.74, 6) is 6.97. The van der Waals surface area contributed by atoms with Crippen LogP contribution in [0.5, 0.6) is 46.0 Å². The van der Waals surface area contributed by atoms with Gasteiger partial charge in [0.05, 0.1) is 0 Å². The van der Waals surface area contributed by atoms with E-state index < -0.39 is 0 Å². The van der Waals surface area contributed by atoms with Gasteiger partial charge in [0.2, 0.25) is 0 Å². The Morgan fingerprint density at radius 3 is 1.38 bits per heavy atom. The van der Waals surface area contributed by atoms with E-state index >= 15 is 0 Å². The zero-order valence-corrected chi connectivity index (χ0v) is 23.5. The molecule has 8 heteroatoms. The summed E-state index contributed by atoms with van der Waals surface area (Å²) >= 11 is 3.62. The molecule has 7 aromatic rings. The number of ether oxygens (including phenoxy) is 4. The standard InChI is InChI=1S/C34H16B2O4S2/c1-3-13-27-17(7-1)31-33(41-27)35-19-15-20-26(16-25(19)37-21-9-5-11-23(39-31)29(21)35)38-22-10-6-12-24-30(22)36(20)34-32(40-24)18-8-2-4-14-28(18)42-34/h1-16H. The summed E-state index contributed by atoms with van der Waals surface area (Å²) in [6, 6.07) is 33.7. The third kappa shape index (κ3) is 2.65. The summed E-state index contributed by atoms with van der Waals surface area (Å²) in [6.45, 7) is 0.00881. The zero-order chi connectivity index (χ0) is 27.1. The van der Waals surface area contributed by atoms with Crippen LogP contribution in [0.15, 0.2) is 97.1 Å². The van der Waals surface area contributed by atoms with Gasteiger partial charge < -0.3 is 18.9 Å². The van der Waals surface area contributed by atoms with Gasteiger partial charge in [-0.3, -0.25) is 0 Å². The average Bonchev–Trinajstić information content (AvgIpc) is 3.58. The molecule has 0 fully saturated rings. The molecule has 0 unspecified atom stereocenters. The maximum absolute atomic E-state index is 6.61. The minimum absolute atomic E-state index is 0.00441. The van der Waals surface area contributed by atoms with Crippen molar-refractivity contribution in [1.82, 2.24) is 0 Å². The van der Waals surface area contributed by atoms with Gasteiger partial charge in [-0.25, -0.2) is 0 Å². The van der Waals surface area contributed by atoms with Gasteiger partial charge in [0.1, 0.15) is 46.0 Å². The van der Waals surface area contributed by atoms with Gasteiger partial charge in [-0.05, 0) is 59.5 Å². The number of benzene rings is 5. The first kappa shape index (κ1) is 22.0. The van der Waals surface area contributed by atoms with Crippen molar-refractivity contribution >= 4 is 87.7 Å². The Morgan fingerprint density at radius 2 is 0.881 bits per heavy atom. The second-order valence-electron chi connectivity index (χ2n) is 11.1. The lowest BCUT2D eigenvalue weighted by molar-refractivity contribution is 0.453. The van der Waals surface area contributed by atoms with Crippen molar-refractivity contribution in [1.29, 1.82) is 0 Å². The lowest BCUT2D eigenvalue weighted by atomic mass is 9.34. The van der Waals surface area contributed by atoms with Gasteiger partial charge in [-0.2, -0.15) is 0 Å². The molecule has 4 aliphatic heterocycles. The monoisotopic (exact) mass is 574 g/mol. The first-order valence-corrected chi connectivity index (χ1v) is 15.6. The molecule has 0 N–H and O–H groups in total. The van der Waals surface area contributed by atoms with E-state index in [1.54, 1.807) is 0 Å². The fourth-order valence-electron chi connectivity index (χ4n) is 7.18. The van der Waals surface area contributed by atoms with E-state index in [4.69, 9.17) is 18.9 Å². The summed E-state index contributed by atoms with van der Waals surface area (Å²) in [5, 5.41) is 2.31. The second-order valence-corrected chi connectivity index (χ2v) is 13.3. The van der Waals surface area contributed by atoms with Gasteiger partial charge in [-0.1, -0.05) is 42.5 Å². The maximum atomic E-state index is 6.61. The lowest BCUT2D eigenvalue weighted by Gasteiger charge is -2.35. The van der Waals surface area contributed by atoms with E-state index in [-0.39, 0.29) is 13.4 Å². The topological polar surface area (TPSA) is 36.9 Å². The summed E-state index contributed by atoms with van der Waals surface area (Å²) < 4.78 is 31.3. The number of thiophene rings is 2. The lowest BCUT2D eigenvalue weighted by Crippen LogP contribution is -2.60. The highest BCUT2D eigenvalue weighted by atomic mass is 32.1. The molecule has 6 heterocycles. The van der Waals surface area contributed by atoms with Crippen molar-refractivity contribution in [3.8, 4) is 46.0 Å². The van der Waals surface area contributed by atoms with Gasteiger partial charge in [-0.15, -0.1) is 22.7 Å². The van der Waals surface area contributed by atoms with E-state index in [9.17, 15) is 0 Å². The van der Waals surface area contributed by atoms with E-state index in [0.717, 1.165) is 78.6 Å². The van der Waals surface area contributed by atoms with Crippen LogP contribution in [-0.4, -0.2) is 13.4 Å². The van der Waals surface area contributed by atoms with Crippen molar-refractivity contribution in [2.24, 2.45) is 0 Å². The Kier molecular flexibility index (Phi) is 3.98. The zero-order valence-electron chi connectivity index (χ0n) is 21.8. The molecule has 0 radical (unpaired) electrons. The fourth-order valence-corrected chi connectivity index (χ4v) is 9.70. The van der Waals surface area contributed by atoms with Crippen LogP contribution in [0, 0.1) is 0 Å². The van der Waals surface area contributed by atoms with Gasteiger partial charge in [0, 0.05) is 46.7 Å². The molecule has 42 heavy (non-hydrogen) atoms. The number of hydrogen-bond acceptors (Lipinski definition) is 6. The Labute approximate surface area is 248 Å². The second kappa shape index (κ2) is 7.59. The van der Waals surface area contributed by atoms with E-state index in [1.165, 1.54) is 19.0 Å². The van der Waals surface area contributed by atoms with Gasteiger partial charge >= 0.3 is 0 Å². The highest BCUT2D eigenvalue weighted by Gasteiger charge is 2.46. The molecule has 4 aliphatic rings. The predicted molar refractivity (Wildman–Crippen MR) is 173 cm³/mol. The minimum Gasteiger partial charge on any atom is -0.458 e. The summed E-state index contributed by atoms with van der Waals surface area (Å²) in [6.07, 6.45) is 0. The number of hydrogen-bond donors (Lipinski definition) is 0. The van der Waals surface area contributed by atoms with Crippen molar-refractivity contribution < 1.29 is 18.9 Å². The molecule has 0 saturated heterocycles. The largest absolute Gasteiger partial charge is 0.458 e. The molecule has 0 atom stereocenters. The van der Waals surface area contributed by atoms with Gasteiger partial charge in [0.15, 0.2) is 0 Å². The first-order chi connectivity index (χ1) is 20.8. The smallest absolute Gasteiger partial charge is 0.273 e. The average molecular weight is 574 g/mol. The van der Waals surface area contributed by atoms with Crippen molar-refractivity contribution in [2.75, 3.05) is 0 Å². The third-order valence-electron chi connectivity index (χ3n) is 8.93. The molecule has 0 saturated carbocycles. The fraction of sp³-hybridized carbons (Fsp3) is 0. The molecule has 0 bridgehead atoms. The Morgan fingerprint density at radius 1 is 0.429 bits per heavy atom. The molecule has 4 nitrogen and oxygen atoms in total. The normalized spacial score (nSPS) is 14.4. The molecule has 0 spiro atoms. The maximum Gasteiger partial charge on any atom is 0.273 e. The van der Waals surface area contributed by atoms with Crippen LogP contribution in [0.4, 0.5) is 0 Å². The van der Waals surface area contributed by atoms with E-state index in [2.05, 4.69) is 72.8 Å². The molecule has 2 aromatic heterocycles. The van der Waals surface area contributed by atoms with Crippen LogP contribution in [0.2, 0.25) is 0 Å². The molecular weight excluding hydrogens is 558 g/mol. The highest BCUT2D eigenvalue weighted by Crippen LogP contribution is 2.43. The minimum atomic E-state index is 0.00441.